The molecule has 3 heterocycles. The van der Waals surface area contributed by atoms with Gasteiger partial charge in [-0.2, -0.15) is 5.10 Å². The summed E-state index contributed by atoms with van der Waals surface area (Å²) in [7, 11) is 2.18. The van der Waals surface area contributed by atoms with Crippen molar-refractivity contribution in [2.75, 3.05) is 56.7 Å². The molecule has 5 rings (SSSR count). The highest BCUT2D eigenvalue weighted by molar-refractivity contribution is 6.32. The van der Waals surface area contributed by atoms with Crippen molar-refractivity contribution in [3.05, 3.63) is 51.7 Å². The third kappa shape index (κ3) is 6.47. The zero-order valence-electron chi connectivity index (χ0n) is 21.7. The molecule has 0 bridgehead atoms. The fourth-order valence-corrected chi connectivity index (χ4v) is 6.42. The molecule has 2 aromatic rings. The Bertz CT molecular complexity index is 1080. The van der Waals surface area contributed by atoms with E-state index in [1.807, 2.05) is 12.1 Å². The van der Waals surface area contributed by atoms with Gasteiger partial charge >= 0.3 is 0 Å². The fourth-order valence-electron chi connectivity index (χ4n) is 6.22. The topological polar surface area (TPSA) is 62.6 Å². The van der Waals surface area contributed by atoms with E-state index in [-0.39, 0.29) is 22.4 Å². The van der Waals surface area contributed by atoms with E-state index in [4.69, 9.17) is 16.3 Å². The SMILES string of the molecule is CN1CC[C@@H](CN(c2ccc(F)cc2)[C@H]2CC[C@@H](n3ncc(NC[C@@H]4CCCOC4)c(Cl)c3=O)CC2)C1. The zero-order valence-corrected chi connectivity index (χ0v) is 22.5. The Morgan fingerprint density at radius 2 is 1.92 bits per heavy atom. The van der Waals surface area contributed by atoms with Gasteiger partial charge in [0.2, 0.25) is 0 Å². The van der Waals surface area contributed by atoms with E-state index in [0.717, 1.165) is 83.6 Å². The monoisotopic (exact) mass is 531 g/mol. The lowest BCUT2D eigenvalue weighted by Crippen LogP contribution is -2.43. The van der Waals surface area contributed by atoms with Crippen LogP contribution >= 0.6 is 11.6 Å². The van der Waals surface area contributed by atoms with Crippen LogP contribution in [-0.2, 0) is 4.74 Å². The highest BCUT2D eigenvalue weighted by Gasteiger charge is 2.31. The molecule has 0 spiro atoms. The Morgan fingerprint density at radius 1 is 1.14 bits per heavy atom. The number of nitrogens with one attached hydrogen (secondary N) is 1. The summed E-state index contributed by atoms with van der Waals surface area (Å²) in [5, 5.41) is 8.05. The molecule has 37 heavy (non-hydrogen) atoms. The summed E-state index contributed by atoms with van der Waals surface area (Å²) in [5.41, 5.74) is 1.46. The molecule has 3 fully saturated rings. The first kappa shape index (κ1) is 26.4. The van der Waals surface area contributed by atoms with Crippen LogP contribution < -0.4 is 15.8 Å². The van der Waals surface area contributed by atoms with Crippen LogP contribution in [0.1, 0.15) is 51.0 Å². The van der Waals surface area contributed by atoms with Gasteiger partial charge in [-0.1, -0.05) is 11.6 Å². The number of hydrogen-bond acceptors (Lipinski definition) is 6. The van der Waals surface area contributed by atoms with Crippen LogP contribution in [0.2, 0.25) is 5.02 Å². The summed E-state index contributed by atoms with van der Waals surface area (Å²) in [4.78, 5) is 18.0. The molecule has 7 nitrogen and oxygen atoms in total. The molecule has 9 heteroatoms. The number of rotatable bonds is 8. The van der Waals surface area contributed by atoms with Gasteiger partial charge in [-0.15, -0.1) is 0 Å². The number of nitrogens with zero attached hydrogens (tertiary/aromatic N) is 4. The highest BCUT2D eigenvalue weighted by Crippen LogP contribution is 2.34. The van der Waals surface area contributed by atoms with Crippen molar-refractivity contribution in [1.82, 2.24) is 14.7 Å². The molecule has 202 valence electrons. The van der Waals surface area contributed by atoms with E-state index in [1.54, 1.807) is 23.0 Å². The molecule has 0 unspecified atom stereocenters. The number of hydrogen-bond donors (Lipinski definition) is 1. The van der Waals surface area contributed by atoms with Crippen molar-refractivity contribution >= 4 is 23.0 Å². The highest BCUT2D eigenvalue weighted by atomic mass is 35.5. The minimum Gasteiger partial charge on any atom is -0.382 e. The number of ether oxygens (including phenoxy) is 1. The van der Waals surface area contributed by atoms with Gasteiger partial charge in [0.25, 0.3) is 5.56 Å². The minimum atomic E-state index is -0.223. The number of anilines is 2. The Morgan fingerprint density at radius 3 is 2.59 bits per heavy atom. The van der Waals surface area contributed by atoms with Crippen molar-refractivity contribution in [3.8, 4) is 0 Å². The normalized spacial score (nSPS) is 26.8. The quantitative estimate of drug-likeness (QED) is 0.527. The maximum Gasteiger partial charge on any atom is 0.287 e. The Kier molecular flexibility index (Phi) is 8.67. The van der Waals surface area contributed by atoms with Crippen LogP contribution in [0.25, 0.3) is 0 Å². The molecule has 1 saturated carbocycles. The molecule has 0 amide bonds. The Balaban J connectivity index is 1.23. The minimum absolute atomic E-state index is 0.0368. The Hall–Kier alpha value is -2.16. The largest absolute Gasteiger partial charge is 0.382 e. The van der Waals surface area contributed by atoms with Gasteiger partial charge in [-0.25, -0.2) is 9.07 Å². The average molecular weight is 532 g/mol. The van der Waals surface area contributed by atoms with Crippen LogP contribution in [0.5, 0.6) is 0 Å². The van der Waals surface area contributed by atoms with E-state index in [2.05, 4.69) is 27.3 Å². The number of likely N-dealkylation sites (tertiary alicyclic amines) is 1. The van der Waals surface area contributed by atoms with E-state index < -0.39 is 0 Å². The van der Waals surface area contributed by atoms with Gasteiger partial charge < -0.3 is 19.9 Å². The number of benzene rings is 1. The third-order valence-electron chi connectivity index (χ3n) is 8.33. The standard InChI is InChI=1S/C28H39ClFN5O2/c1-33-13-12-21(17-33)18-34(23-6-4-22(30)5-7-23)24-8-10-25(11-9-24)35-28(36)27(29)26(16-32-35)31-15-20-3-2-14-37-19-20/h4-7,16,20-21,24-25,31H,2-3,8-15,17-19H2,1H3/t20-,21+,24-,25+/m0/s1. The summed E-state index contributed by atoms with van der Waals surface area (Å²) in [6.45, 7) is 5.50. The van der Waals surface area contributed by atoms with E-state index in [1.165, 1.54) is 6.42 Å². The predicted molar refractivity (Wildman–Crippen MR) is 146 cm³/mol. The number of aromatic nitrogens is 2. The van der Waals surface area contributed by atoms with Crippen molar-refractivity contribution in [2.24, 2.45) is 11.8 Å². The summed E-state index contributed by atoms with van der Waals surface area (Å²) < 4.78 is 20.8. The molecular weight excluding hydrogens is 493 g/mol. The van der Waals surface area contributed by atoms with Crippen LogP contribution in [0, 0.1) is 17.7 Å². The van der Waals surface area contributed by atoms with E-state index in [9.17, 15) is 9.18 Å². The molecular formula is C28H39ClFN5O2. The summed E-state index contributed by atoms with van der Waals surface area (Å²) >= 11 is 6.50. The molecule has 1 N–H and O–H groups in total. The van der Waals surface area contributed by atoms with Gasteiger partial charge in [0.05, 0.1) is 24.5 Å². The second-order valence-electron chi connectivity index (χ2n) is 11.1. The van der Waals surface area contributed by atoms with Gasteiger partial charge in [0, 0.05) is 38.0 Å². The summed E-state index contributed by atoms with van der Waals surface area (Å²) in [6, 6.07) is 7.30. The smallest absolute Gasteiger partial charge is 0.287 e. The lowest BCUT2D eigenvalue weighted by Gasteiger charge is -2.40. The predicted octanol–water partition coefficient (Wildman–Crippen LogP) is 4.82. The van der Waals surface area contributed by atoms with Crippen LogP contribution in [0.3, 0.4) is 0 Å². The fraction of sp³-hybridized carbons (Fsp3) is 0.643. The lowest BCUT2D eigenvalue weighted by atomic mass is 9.89. The molecule has 1 aliphatic carbocycles. The Labute approximate surface area is 223 Å². The molecule has 2 atom stereocenters. The average Bonchev–Trinajstić information content (AvgIpc) is 3.34. The molecule has 2 aliphatic heterocycles. The molecule has 0 radical (unpaired) electrons. The van der Waals surface area contributed by atoms with Crippen LogP contribution in [0.4, 0.5) is 15.8 Å². The van der Waals surface area contributed by atoms with Crippen molar-refractivity contribution in [2.45, 2.75) is 57.0 Å². The first-order valence-electron chi connectivity index (χ1n) is 13.8. The molecule has 1 aromatic carbocycles. The molecule has 2 saturated heterocycles. The first-order chi connectivity index (χ1) is 18.0. The second-order valence-corrected chi connectivity index (χ2v) is 11.5. The summed E-state index contributed by atoms with van der Waals surface area (Å²) in [5.74, 6) is 0.827. The van der Waals surface area contributed by atoms with Gasteiger partial charge in [-0.05, 0) is 94.6 Å². The third-order valence-corrected chi connectivity index (χ3v) is 8.70. The second kappa shape index (κ2) is 12.1. The van der Waals surface area contributed by atoms with Gasteiger partial charge in [0.15, 0.2) is 0 Å². The van der Waals surface area contributed by atoms with Crippen molar-refractivity contribution in [3.63, 3.8) is 0 Å². The van der Waals surface area contributed by atoms with Crippen molar-refractivity contribution in [1.29, 1.82) is 0 Å². The van der Waals surface area contributed by atoms with Crippen molar-refractivity contribution < 1.29 is 9.13 Å². The van der Waals surface area contributed by atoms with Crippen LogP contribution in [0.15, 0.2) is 35.3 Å². The first-order valence-corrected chi connectivity index (χ1v) is 14.2. The van der Waals surface area contributed by atoms with Gasteiger partial charge in [0.1, 0.15) is 10.8 Å². The van der Waals surface area contributed by atoms with Crippen LogP contribution in [-0.4, -0.2) is 67.2 Å². The maximum absolute atomic E-state index is 13.6. The summed E-state index contributed by atoms with van der Waals surface area (Å²) in [6.07, 6.45) is 8.71. The number of halogens is 2. The zero-order chi connectivity index (χ0) is 25.8. The van der Waals surface area contributed by atoms with E-state index >= 15 is 0 Å². The lowest BCUT2D eigenvalue weighted by molar-refractivity contribution is 0.0595. The van der Waals surface area contributed by atoms with E-state index in [0.29, 0.717) is 23.6 Å². The molecule has 3 aliphatic rings. The molecule has 1 aromatic heterocycles. The van der Waals surface area contributed by atoms with Gasteiger partial charge in [-0.3, -0.25) is 4.79 Å². The maximum atomic E-state index is 13.6.